The number of hydrogen-bond acceptors (Lipinski definition) is 1. The first-order valence-corrected chi connectivity index (χ1v) is 8.67. The van der Waals surface area contributed by atoms with Gasteiger partial charge >= 0.3 is 0 Å². The van der Waals surface area contributed by atoms with Crippen LogP contribution in [-0.2, 0) is 12.8 Å². The molecule has 1 nitrogen and oxygen atoms in total. The number of halogens is 2. The van der Waals surface area contributed by atoms with Crippen molar-refractivity contribution in [3.8, 4) is 0 Å². The zero-order chi connectivity index (χ0) is 16.5. The van der Waals surface area contributed by atoms with Crippen LogP contribution in [0.25, 0.3) is 16.8 Å². The lowest BCUT2D eigenvalue weighted by atomic mass is 10.0. The molecule has 4 rings (SSSR count). The molecule has 0 heterocycles. The summed E-state index contributed by atoms with van der Waals surface area (Å²) in [6.07, 6.45) is 7.91. The monoisotopic (exact) mass is 351 g/mol. The smallest absolute Gasteiger partial charge is 0.0708 e. The average Bonchev–Trinajstić information content (AvgIpc) is 3.00. The molecule has 0 bridgehead atoms. The Balaban J connectivity index is 1.63. The summed E-state index contributed by atoms with van der Waals surface area (Å²) < 4.78 is 0. The van der Waals surface area contributed by atoms with Gasteiger partial charge in [0.05, 0.1) is 5.69 Å². The van der Waals surface area contributed by atoms with Gasteiger partial charge < -0.3 is 0 Å². The van der Waals surface area contributed by atoms with E-state index < -0.39 is 0 Å². The van der Waals surface area contributed by atoms with Crippen LogP contribution in [0.4, 0.5) is 5.69 Å². The van der Waals surface area contributed by atoms with Gasteiger partial charge in [-0.2, -0.15) is 0 Å². The number of nitrogens with zero attached hydrogens (tertiary/aromatic N) is 1. The largest absolute Gasteiger partial charge is 0.256 e. The Morgan fingerprint density at radius 2 is 1.75 bits per heavy atom. The van der Waals surface area contributed by atoms with Crippen LogP contribution < -0.4 is 0 Å². The molecule has 0 N–H and O–H groups in total. The van der Waals surface area contributed by atoms with Crippen molar-refractivity contribution < 1.29 is 0 Å². The molecule has 0 unspecified atom stereocenters. The topological polar surface area (TPSA) is 12.4 Å². The van der Waals surface area contributed by atoms with Crippen LogP contribution in [0.3, 0.4) is 0 Å². The predicted octanol–water partition coefficient (Wildman–Crippen LogP) is 6.66. The van der Waals surface area contributed by atoms with Gasteiger partial charge in [0.2, 0.25) is 0 Å². The van der Waals surface area contributed by atoms with E-state index in [4.69, 9.17) is 23.2 Å². The summed E-state index contributed by atoms with van der Waals surface area (Å²) >= 11 is 12.1. The first-order chi connectivity index (χ1) is 11.7. The maximum absolute atomic E-state index is 6.17. The van der Waals surface area contributed by atoms with E-state index in [1.54, 1.807) is 6.07 Å². The molecule has 0 saturated heterocycles. The van der Waals surface area contributed by atoms with Gasteiger partial charge in [0, 0.05) is 21.6 Å². The van der Waals surface area contributed by atoms with Gasteiger partial charge in [-0.15, -0.1) is 0 Å². The molecule has 1 aliphatic carbocycles. The van der Waals surface area contributed by atoms with Crippen molar-refractivity contribution in [2.45, 2.75) is 12.8 Å². The maximum atomic E-state index is 6.17. The van der Waals surface area contributed by atoms with Crippen molar-refractivity contribution in [3.63, 3.8) is 0 Å². The van der Waals surface area contributed by atoms with Gasteiger partial charge in [0.1, 0.15) is 0 Å². The number of rotatable bonds is 3. The SMILES string of the molecule is Clc1ccc(/C=C/C=Nc2ccc3c4c(cccc24)CC3)c(Cl)c1. The van der Waals surface area contributed by atoms with Crippen LogP contribution in [-0.4, -0.2) is 6.21 Å². The first kappa shape index (κ1) is 15.4. The zero-order valence-corrected chi connectivity index (χ0v) is 14.5. The Labute approximate surface area is 151 Å². The molecule has 1 aliphatic rings. The quantitative estimate of drug-likeness (QED) is 0.467. The molecule has 0 spiro atoms. The third-order valence-corrected chi connectivity index (χ3v) is 4.95. The fourth-order valence-electron chi connectivity index (χ4n) is 3.25. The fraction of sp³-hybridized carbons (Fsp3) is 0.0952. The van der Waals surface area contributed by atoms with Gasteiger partial charge in [-0.3, -0.25) is 4.99 Å². The van der Waals surface area contributed by atoms with E-state index in [0.29, 0.717) is 10.0 Å². The second-order valence-corrected chi connectivity index (χ2v) is 6.73. The Morgan fingerprint density at radius 3 is 2.58 bits per heavy atom. The summed E-state index contributed by atoms with van der Waals surface area (Å²) in [5, 5.41) is 3.89. The predicted molar refractivity (Wildman–Crippen MR) is 105 cm³/mol. The Morgan fingerprint density at radius 1 is 0.917 bits per heavy atom. The van der Waals surface area contributed by atoms with Gasteiger partial charge in [-0.05, 0) is 59.2 Å². The van der Waals surface area contributed by atoms with Gasteiger partial charge in [0.15, 0.2) is 0 Å². The normalized spacial score (nSPS) is 13.6. The number of aryl methyl sites for hydroxylation is 2. The van der Waals surface area contributed by atoms with Crippen LogP contribution >= 0.6 is 23.2 Å². The molecule has 0 radical (unpaired) electrons. The minimum Gasteiger partial charge on any atom is -0.256 e. The van der Waals surface area contributed by atoms with Crippen molar-refractivity contribution in [3.05, 3.63) is 81.3 Å². The highest BCUT2D eigenvalue weighted by Crippen LogP contribution is 2.36. The van der Waals surface area contributed by atoms with E-state index in [2.05, 4.69) is 35.3 Å². The minimum atomic E-state index is 0.637. The highest BCUT2D eigenvalue weighted by atomic mass is 35.5. The van der Waals surface area contributed by atoms with Gasteiger partial charge in [-0.25, -0.2) is 0 Å². The van der Waals surface area contributed by atoms with E-state index in [0.717, 1.165) is 24.1 Å². The summed E-state index contributed by atoms with van der Waals surface area (Å²) in [6, 6.07) is 16.3. The Bertz CT molecular complexity index is 976. The van der Waals surface area contributed by atoms with Crippen LogP contribution in [0.5, 0.6) is 0 Å². The summed E-state index contributed by atoms with van der Waals surface area (Å²) in [7, 11) is 0. The first-order valence-electron chi connectivity index (χ1n) is 7.91. The summed E-state index contributed by atoms with van der Waals surface area (Å²) in [4.78, 5) is 4.63. The molecule has 0 atom stereocenters. The van der Waals surface area contributed by atoms with Crippen molar-refractivity contribution in [1.29, 1.82) is 0 Å². The molecule has 0 fully saturated rings. The number of hydrogen-bond donors (Lipinski definition) is 0. The van der Waals surface area contributed by atoms with E-state index in [9.17, 15) is 0 Å². The van der Waals surface area contributed by atoms with Gasteiger partial charge in [0.25, 0.3) is 0 Å². The lowest BCUT2D eigenvalue weighted by Crippen LogP contribution is -1.80. The van der Waals surface area contributed by atoms with Crippen molar-refractivity contribution in [2.24, 2.45) is 4.99 Å². The molecular formula is C21H15Cl2N. The second-order valence-electron chi connectivity index (χ2n) is 5.89. The molecule has 0 saturated carbocycles. The maximum Gasteiger partial charge on any atom is 0.0708 e. The molecule has 3 heteroatoms. The zero-order valence-electron chi connectivity index (χ0n) is 13.0. The van der Waals surface area contributed by atoms with Crippen LogP contribution in [0, 0.1) is 0 Å². The van der Waals surface area contributed by atoms with Crippen molar-refractivity contribution >= 4 is 52.0 Å². The lowest BCUT2D eigenvalue weighted by molar-refractivity contribution is 1.02. The second kappa shape index (κ2) is 6.43. The number of aliphatic imine (C=N–C) groups is 1. The van der Waals surface area contributed by atoms with E-state index in [-0.39, 0.29) is 0 Å². The number of allylic oxidation sites excluding steroid dienone is 1. The highest BCUT2D eigenvalue weighted by molar-refractivity contribution is 6.35. The van der Waals surface area contributed by atoms with E-state index in [1.807, 2.05) is 30.5 Å². The molecule has 0 aliphatic heterocycles. The molecule has 0 amide bonds. The summed E-state index contributed by atoms with van der Waals surface area (Å²) in [6.45, 7) is 0. The van der Waals surface area contributed by atoms with Crippen molar-refractivity contribution in [1.82, 2.24) is 0 Å². The molecule has 3 aromatic rings. The van der Waals surface area contributed by atoms with Crippen LogP contribution in [0.2, 0.25) is 10.0 Å². The van der Waals surface area contributed by atoms with Crippen LogP contribution in [0.15, 0.2) is 59.6 Å². The molecule has 0 aromatic heterocycles. The fourth-order valence-corrected chi connectivity index (χ4v) is 3.72. The van der Waals surface area contributed by atoms with Crippen molar-refractivity contribution in [2.75, 3.05) is 0 Å². The molecule has 3 aromatic carbocycles. The van der Waals surface area contributed by atoms with E-state index >= 15 is 0 Å². The summed E-state index contributed by atoms with van der Waals surface area (Å²) in [5.41, 5.74) is 4.79. The highest BCUT2D eigenvalue weighted by Gasteiger charge is 2.15. The third-order valence-electron chi connectivity index (χ3n) is 4.39. The molecule has 24 heavy (non-hydrogen) atoms. The van der Waals surface area contributed by atoms with E-state index in [1.165, 1.54) is 21.9 Å². The Kier molecular flexibility index (Phi) is 4.13. The van der Waals surface area contributed by atoms with Gasteiger partial charge in [-0.1, -0.05) is 59.6 Å². The number of benzene rings is 3. The van der Waals surface area contributed by atoms with Crippen LogP contribution in [0.1, 0.15) is 16.7 Å². The standard InChI is InChI=1S/C21H15Cl2N/c22-17-10-8-14(19(23)13-17)4-2-12-24-20-11-9-16-7-6-15-3-1-5-18(20)21(15)16/h1-5,8-13H,6-7H2/b4-2+,24-12?. The lowest BCUT2D eigenvalue weighted by Gasteiger charge is -2.04. The molecule has 118 valence electrons. The third kappa shape index (κ3) is 2.86. The Hall–Kier alpha value is -2.09. The average molecular weight is 352 g/mol. The molecular weight excluding hydrogens is 337 g/mol. The minimum absolute atomic E-state index is 0.637. The summed E-state index contributed by atoms with van der Waals surface area (Å²) in [5.74, 6) is 0.